The summed E-state index contributed by atoms with van der Waals surface area (Å²) in [6, 6.07) is 2.56. The molecular weight excluding hydrogens is 266 g/mol. The third-order valence-electron chi connectivity index (χ3n) is 2.87. The number of rotatable bonds is 5. The summed E-state index contributed by atoms with van der Waals surface area (Å²) in [5, 5.41) is 4.84. The lowest BCUT2D eigenvalue weighted by Gasteiger charge is -2.14. The Balaban J connectivity index is 2.38. The monoisotopic (exact) mass is 283 g/mol. The van der Waals surface area contributed by atoms with Crippen LogP contribution < -0.4 is 5.32 Å². The number of aromatic nitrogens is 2. The van der Waals surface area contributed by atoms with Crippen LogP contribution in [0.3, 0.4) is 0 Å². The Morgan fingerprint density at radius 1 is 1.39 bits per heavy atom. The highest BCUT2D eigenvalue weighted by molar-refractivity contribution is 7.18. The second kappa shape index (κ2) is 5.85. The van der Waals surface area contributed by atoms with E-state index in [1.807, 2.05) is 0 Å². The first kappa shape index (κ1) is 13.6. The van der Waals surface area contributed by atoms with Crippen LogP contribution in [-0.2, 0) is 6.42 Å². The molecule has 0 aromatic carbocycles. The van der Waals surface area contributed by atoms with Crippen LogP contribution in [-0.4, -0.2) is 16.0 Å². The molecule has 3 nitrogen and oxygen atoms in total. The number of thiophene rings is 1. The summed E-state index contributed by atoms with van der Waals surface area (Å²) in [6.07, 6.45) is 3.29. The molecule has 0 aliphatic heterocycles. The van der Waals surface area contributed by atoms with Crippen LogP contribution in [0.15, 0.2) is 6.07 Å². The molecule has 0 fully saturated rings. The summed E-state index contributed by atoms with van der Waals surface area (Å²) >= 11 is 7.67. The quantitative estimate of drug-likeness (QED) is 0.821. The molecular formula is C13H18ClN3S. The van der Waals surface area contributed by atoms with Gasteiger partial charge in [-0.2, -0.15) is 0 Å². The lowest BCUT2D eigenvalue weighted by atomic mass is 10.2. The van der Waals surface area contributed by atoms with Gasteiger partial charge in [0.1, 0.15) is 10.6 Å². The summed E-state index contributed by atoms with van der Waals surface area (Å²) in [7, 11) is 0. The van der Waals surface area contributed by atoms with E-state index >= 15 is 0 Å². The van der Waals surface area contributed by atoms with Crippen molar-refractivity contribution in [2.24, 2.45) is 0 Å². The van der Waals surface area contributed by atoms with E-state index in [-0.39, 0.29) is 0 Å². The van der Waals surface area contributed by atoms with Gasteiger partial charge in [-0.1, -0.05) is 20.3 Å². The highest BCUT2D eigenvalue weighted by Crippen LogP contribution is 2.30. The van der Waals surface area contributed by atoms with Gasteiger partial charge in [0.05, 0.1) is 5.39 Å². The minimum atomic E-state index is 0.318. The number of fused-ring (bicyclic) bond motifs is 1. The molecule has 98 valence electrons. The maximum Gasteiger partial charge on any atom is 0.225 e. The van der Waals surface area contributed by atoms with Crippen LogP contribution in [0.2, 0.25) is 5.28 Å². The first-order chi connectivity index (χ1) is 8.63. The number of anilines is 1. The number of halogens is 1. The van der Waals surface area contributed by atoms with Crippen LogP contribution in [0.4, 0.5) is 5.82 Å². The lowest BCUT2D eigenvalue weighted by molar-refractivity contribution is 0.688. The van der Waals surface area contributed by atoms with Crippen LogP contribution in [0.25, 0.3) is 10.2 Å². The molecule has 0 radical (unpaired) electrons. The van der Waals surface area contributed by atoms with Crippen molar-refractivity contribution < 1.29 is 0 Å². The topological polar surface area (TPSA) is 37.8 Å². The Hall–Kier alpha value is -0.870. The summed E-state index contributed by atoms with van der Waals surface area (Å²) in [5.74, 6) is 0.863. The smallest absolute Gasteiger partial charge is 0.225 e. The van der Waals surface area contributed by atoms with Gasteiger partial charge in [0.25, 0.3) is 0 Å². The molecule has 2 heterocycles. The molecule has 0 saturated carbocycles. The number of hydrogen-bond donors (Lipinski definition) is 1. The molecule has 1 atom stereocenters. The van der Waals surface area contributed by atoms with Gasteiger partial charge in [-0.3, -0.25) is 0 Å². The molecule has 0 aliphatic carbocycles. The van der Waals surface area contributed by atoms with Crippen molar-refractivity contribution in [2.45, 2.75) is 46.1 Å². The zero-order chi connectivity index (χ0) is 13.1. The lowest BCUT2D eigenvalue weighted by Crippen LogP contribution is -2.15. The average Bonchev–Trinajstić information content (AvgIpc) is 2.72. The van der Waals surface area contributed by atoms with E-state index in [9.17, 15) is 0 Å². The van der Waals surface area contributed by atoms with E-state index < -0.39 is 0 Å². The van der Waals surface area contributed by atoms with E-state index in [4.69, 9.17) is 11.6 Å². The fourth-order valence-corrected chi connectivity index (χ4v) is 3.15. The van der Waals surface area contributed by atoms with Gasteiger partial charge in [0.15, 0.2) is 0 Å². The zero-order valence-corrected chi connectivity index (χ0v) is 12.5. The summed E-state index contributed by atoms with van der Waals surface area (Å²) in [4.78, 5) is 10.9. The molecule has 0 spiro atoms. The van der Waals surface area contributed by atoms with Gasteiger partial charge in [-0.25, -0.2) is 9.97 Å². The van der Waals surface area contributed by atoms with Gasteiger partial charge < -0.3 is 5.32 Å². The minimum Gasteiger partial charge on any atom is -0.367 e. The van der Waals surface area contributed by atoms with Gasteiger partial charge in [-0.15, -0.1) is 11.3 Å². The summed E-state index contributed by atoms with van der Waals surface area (Å²) < 4.78 is 0. The van der Waals surface area contributed by atoms with Gasteiger partial charge >= 0.3 is 0 Å². The highest BCUT2D eigenvalue weighted by Gasteiger charge is 2.12. The number of aryl methyl sites for hydroxylation is 1. The maximum absolute atomic E-state index is 5.98. The van der Waals surface area contributed by atoms with E-state index in [2.05, 4.69) is 42.1 Å². The van der Waals surface area contributed by atoms with Crippen LogP contribution in [0.5, 0.6) is 0 Å². The zero-order valence-electron chi connectivity index (χ0n) is 11.0. The Labute approximate surface area is 117 Å². The van der Waals surface area contributed by atoms with Crippen molar-refractivity contribution in [3.63, 3.8) is 0 Å². The summed E-state index contributed by atoms with van der Waals surface area (Å²) in [6.45, 7) is 6.49. The molecule has 5 heteroatoms. The highest BCUT2D eigenvalue weighted by atomic mass is 35.5. The average molecular weight is 284 g/mol. The van der Waals surface area contributed by atoms with E-state index in [1.54, 1.807) is 11.3 Å². The number of hydrogen-bond acceptors (Lipinski definition) is 4. The second-order valence-corrected chi connectivity index (χ2v) is 5.91. The van der Waals surface area contributed by atoms with Crippen LogP contribution in [0, 0.1) is 0 Å². The Kier molecular flexibility index (Phi) is 4.40. The number of nitrogens with one attached hydrogen (secondary N) is 1. The SMILES string of the molecule is CCCC(C)Nc1nc(Cl)nc2sc(CC)cc12. The Bertz CT molecular complexity index is 538. The second-order valence-electron chi connectivity index (χ2n) is 4.46. The third-order valence-corrected chi connectivity index (χ3v) is 4.21. The van der Waals surface area contributed by atoms with Crippen molar-refractivity contribution in [1.29, 1.82) is 0 Å². The molecule has 0 saturated heterocycles. The van der Waals surface area contributed by atoms with Crippen LogP contribution >= 0.6 is 22.9 Å². The molecule has 1 N–H and O–H groups in total. The maximum atomic E-state index is 5.98. The molecule has 0 amide bonds. The summed E-state index contributed by atoms with van der Waals surface area (Å²) in [5.41, 5.74) is 0. The molecule has 2 aromatic heterocycles. The predicted octanol–water partition coefficient (Wildman–Crippen LogP) is 4.51. The van der Waals surface area contributed by atoms with Gasteiger partial charge in [0.2, 0.25) is 5.28 Å². The molecule has 1 unspecified atom stereocenters. The van der Waals surface area contributed by atoms with Crippen LogP contribution in [0.1, 0.15) is 38.5 Å². The third kappa shape index (κ3) is 2.93. The van der Waals surface area contributed by atoms with Crippen molar-refractivity contribution in [1.82, 2.24) is 9.97 Å². The minimum absolute atomic E-state index is 0.318. The first-order valence-electron chi connectivity index (χ1n) is 6.36. The Morgan fingerprint density at radius 3 is 2.83 bits per heavy atom. The van der Waals surface area contributed by atoms with E-state index in [0.29, 0.717) is 11.3 Å². The van der Waals surface area contributed by atoms with Crippen molar-refractivity contribution >= 4 is 39.0 Å². The van der Waals surface area contributed by atoms with E-state index in [1.165, 1.54) is 4.88 Å². The van der Waals surface area contributed by atoms with Gasteiger partial charge in [0, 0.05) is 10.9 Å². The molecule has 0 aliphatic rings. The van der Waals surface area contributed by atoms with Crippen molar-refractivity contribution in [2.75, 3.05) is 5.32 Å². The van der Waals surface area contributed by atoms with Crippen molar-refractivity contribution in [3.8, 4) is 0 Å². The predicted molar refractivity (Wildman–Crippen MR) is 79.8 cm³/mol. The molecule has 0 bridgehead atoms. The van der Waals surface area contributed by atoms with Gasteiger partial charge in [-0.05, 0) is 37.4 Å². The fourth-order valence-electron chi connectivity index (χ4n) is 1.97. The largest absolute Gasteiger partial charge is 0.367 e. The van der Waals surface area contributed by atoms with E-state index in [0.717, 1.165) is 35.3 Å². The number of nitrogens with zero attached hydrogens (tertiary/aromatic N) is 2. The Morgan fingerprint density at radius 2 is 2.17 bits per heavy atom. The first-order valence-corrected chi connectivity index (χ1v) is 7.56. The molecule has 2 aromatic rings. The normalized spacial score (nSPS) is 12.9. The molecule has 2 rings (SSSR count). The molecule has 18 heavy (non-hydrogen) atoms. The fraction of sp³-hybridized carbons (Fsp3) is 0.538. The van der Waals surface area contributed by atoms with Crippen molar-refractivity contribution in [3.05, 3.63) is 16.2 Å². The standard InChI is InChI=1S/C13H18ClN3S/c1-4-6-8(3)15-11-10-7-9(5-2)18-12(10)17-13(14)16-11/h7-8H,4-6H2,1-3H3,(H,15,16,17).